The maximum atomic E-state index is 13.2. The number of fused-ring (bicyclic) bond motifs is 3. The highest BCUT2D eigenvalue weighted by atomic mass is 35.7. The van der Waals surface area contributed by atoms with Crippen LogP contribution in [0, 0.1) is 5.82 Å². The third-order valence-electron chi connectivity index (χ3n) is 3.04. The van der Waals surface area contributed by atoms with E-state index in [1.807, 2.05) is 0 Å². The summed E-state index contributed by atoms with van der Waals surface area (Å²) >= 11 is 0. The molecule has 1 N–H and O–H groups in total. The fourth-order valence-corrected chi connectivity index (χ4v) is 2.92. The molecule has 0 aliphatic heterocycles. The number of halogens is 2. The molecule has 0 unspecified atom stereocenters. The molecule has 102 valence electrons. The van der Waals surface area contributed by atoms with Gasteiger partial charge in [0.05, 0.1) is 10.4 Å². The molecule has 0 spiro atoms. The second kappa shape index (κ2) is 4.29. The van der Waals surface area contributed by atoms with Crippen LogP contribution < -0.4 is 5.56 Å². The van der Waals surface area contributed by atoms with Gasteiger partial charge in [-0.05, 0) is 35.7 Å². The van der Waals surface area contributed by atoms with Crippen LogP contribution in [0.15, 0.2) is 46.1 Å². The molecule has 0 radical (unpaired) electrons. The van der Waals surface area contributed by atoms with E-state index < -0.39 is 20.4 Å². The summed E-state index contributed by atoms with van der Waals surface area (Å²) in [6, 6.07) is 8.01. The molecular weight excluding hydrogens is 305 g/mol. The third-order valence-corrected chi connectivity index (χ3v) is 4.39. The van der Waals surface area contributed by atoms with Crippen molar-refractivity contribution in [1.82, 2.24) is 4.98 Å². The zero-order valence-electron chi connectivity index (χ0n) is 9.85. The van der Waals surface area contributed by atoms with Gasteiger partial charge < -0.3 is 4.98 Å². The molecule has 0 fully saturated rings. The molecule has 3 aromatic rings. The lowest BCUT2D eigenvalue weighted by molar-refractivity contribution is 0.609. The summed E-state index contributed by atoms with van der Waals surface area (Å²) in [7, 11) is 1.35. The van der Waals surface area contributed by atoms with Crippen molar-refractivity contribution in [3.05, 3.63) is 52.6 Å². The summed E-state index contributed by atoms with van der Waals surface area (Å²) in [5, 5.41) is 1.35. The van der Waals surface area contributed by atoms with Crippen LogP contribution in [0.4, 0.5) is 4.39 Å². The number of benzene rings is 2. The number of rotatable bonds is 1. The minimum absolute atomic E-state index is 0.154. The van der Waals surface area contributed by atoms with E-state index in [2.05, 4.69) is 4.98 Å². The summed E-state index contributed by atoms with van der Waals surface area (Å²) in [6.45, 7) is 0. The molecule has 1 heterocycles. The van der Waals surface area contributed by atoms with Gasteiger partial charge in [-0.2, -0.15) is 0 Å². The summed E-state index contributed by atoms with van der Waals surface area (Å²) in [6.07, 6.45) is 0. The lowest BCUT2D eigenvalue weighted by Gasteiger charge is -2.05. The van der Waals surface area contributed by atoms with Crippen LogP contribution >= 0.6 is 10.7 Å². The molecule has 0 saturated carbocycles. The summed E-state index contributed by atoms with van der Waals surface area (Å²) < 4.78 is 35.8. The maximum Gasteiger partial charge on any atom is 0.261 e. The predicted molar refractivity (Wildman–Crippen MR) is 75.1 cm³/mol. The Hall–Kier alpha value is -1.92. The standard InChI is InChI=1S/C13H7ClFNO3S/c14-20(18,19)8-2-4-9-10-3-1-7(15)5-12(10)16-13(17)11(9)6-8/h1-6H,(H,16,17). The fraction of sp³-hybridized carbons (Fsp3) is 0. The zero-order valence-corrected chi connectivity index (χ0v) is 11.4. The van der Waals surface area contributed by atoms with Crippen LogP contribution in [0.3, 0.4) is 0 Å². The topological polar surface area (TPSA) is 67.0 Å². The molecule has 2 aromatic carbocycles. The number of pyridine rings is 1. The van der Waals surface area contributed by atoms with E-state index in [0.717, 1.165) is 0 Å². The van der Waals surface area contributed by atoms with Crippen LogP contribution in [0.1, 0.15) is 0 Å². The lowest BCUT2D eigenvalue weighted by Crippen LogP contribution is -2.07. The first kappa shape index (κ1) is 13.1. The van der Waals surface area contributed by atoms with Crippen molar-refractivity contribution >= 4 is 41.4 Å². The Labute approximate surface area is 117 Å². The molecule has 0 aliphatic rings. The van der Waals surface area contributed by atoms with Crippen molar-refractivity contribution in [2.45, 2.75) is 4.90 Å². The number of H-pyrrole nitrogens is 1. The Balaban J connectivity index is 2.50. The fourth-order valence-electron chi connectivity index (χ4n) is 2.14. The van der Waals surface area contributed by atoms with Crippen LogP contribution in [0.25, 0.3) is 21.7 Å². The average Bonchev–Trinajstić information content (AvgIpc) is 2.37. The van der Waals surface area contributed by atoms with Crippen LogP contribution in [-0.2, 0) is 9.05 Å². The minimum Gasteiger partial charge on any atom is -0.321 e. The molecule has 0 aliphatic carbocycles. The van der Waals surface area contributed by atoms with Crippen molar-refractivity contribution in [3.8, 4) is 0 Å². The van der Waals surface area contributed by atoms with E-state index in [1.165, 1.54) is 36.4 Å². The molecule has 7 heteroatoms. The first-order valence-corrected chi connectivity index (χ1v) is 7.87. The first-order chi connectivity index (χ1) is 9.36. The molecule has 4 nitrogen and oxygen atoms in total. The van der Waals surface area contributed by atoms with Crippen molar-refractivity contribution in [2.24, 2.45) is 0 Å². The van der Waals surface area contributed by atoms with E-state index >= 15 is 0 Å². The van der Waals surface area contributed by atoms with Gasteiger partial charge in [-0.3, -0.25) is 4.79 Å². The van der Waals surface area contributed by atoms with Crippen molar-refractivity contribution in [2.75, 3.05) is 0 Å². The monoisotopic (exact) mass is 311 g/mol. The summed E-state index contributed by atoms with van der Waals surface area (Å²) in [5.41, 5.74) is -0.149. The number of nitrogens with one attached hydrogen (secondary N) is 1. The van der Waals surface area contributed by atoms with Crippen LogP contribution in [0.2, 0.25) is 0 Å². The van der Waals surface area contributed by atoms with Gasteiger partial charge in [-0.1, -0.05) is 6.07 Å². The lowest BCUT2D eigenvalue weighted by atomic mass is 10.1. The molecule has 3 rings (SSSR count). The largest absolute Gasteiger partial charge is 0.321 e. The zero-order chi connectivity index (χ0) is 14.5. The summed E-state index contributed by atoms with van der Waals surface area (Å²) in [5.74, 6) is -0.465. The number of aromatic amines is 1. The normalized spacial score (nSPS) is 12.1. The molecule has 0 saturated heterocycles. The Morgan fingerprint density at radius 3 is 2.40 bits per heavy atom. The van der Waals surface area contributed by atoms with Crippen molar-refractivity contribution in [3.63, 3.8) is 0 Å². The molecule has 0 bridgehead atoms. The Morgan fingerprint density at radius 2 is 1.70 bits per heavy atom. The molecule has 0 atom stereocenters. The second-order valence-corrected chi connectivity index (χ2v) is 6.86. The Morgan fingerprint density at radius 1 is 1.00 bits per heavy atom. The van der Waals surface area contributed by atoms with Gasteiger partial charge >= 0.3 is 0 Å². The van der Waals surface area contributed by atoms with Gasteiger partial charge in [-0.25, -0.2) is 12.8 Å². The van der Waals surface area contributed by atoms with E-state index in [-0.39, 0.29) is 10.3 Å². The van der Waals surface area contributed by atoms with Gasteiger partial charge in [0.1, 0.15) is 5.82 Å². The highest BCUT2D eigenvalue weighted by Gasteiger charge is 2.13. The average molecular weight is 312 g/mol. The van der Waals surface area contributed by atoms with Gasteiger partial charge in [-0.15, -0.1) is 0 Å². The number of hydrogen-bond donors (Lipinski definition) is 1. The van der Waals surface area contributed by atoms with E-state index in [0.29, 0.717) is 16.3 Å². The minimum atomic E-state index is -3.91. The number of aromatic nitrogens is 1. The Kier molecular flexibility index (Phi) is 2.81. The van der Waals surface area contributed by atoms with Gasteiger partial charge in [0.2, 0.25) is 0 Å². The van der Waals surface area contributed by atoms with Gasteiger partial charge in [0.15, 0.2) is 0 Å². The van der Waals surface area contributed by atoms with Gasteiger partial charge in [0.25, 0.3) is 14.6 Å². The molecular formula is C13H7ClFNO3S. The first-order valence-electron chi connectivity index (χ1n) is 5.56. The van der Waals surface area contributed by atoms with E-state index in [4.69, 9.17) is 10.7 Å². The van der Waals surface area contributed by atoms with Crippen LogP contribution in [-0.4, -0.2) is 13.4 Å². The highest BCUT2D eigenvalue weighted by Crippen LogP contribution is 2.25. The molecule has 1 aromatic heterocycles. The van der Waals surface area contributed by atoms with Crippen molar-refractivity contribution < 1.29 is 12.8 Å². The van der Waals surface area contributed by atoms with E-state index in [9.17, 15) is 17.6 Å². The van der Waals surface area contributed by atoms with Crippen LogP contribution in [0.5, 0.6) is 0 Å². The molecule has 20 heavy (non-hydrogen) atoms. The van der Waals surface area contributed by atoms with E-state index in [1.54, 1.807) is 0 Å². The van der Waals surface area contributed by atoms with Gasteiger partial charge in [0, 0.05) is 21.5 Å². The maximum absolute atomic E-state index is 13.2. The Bertz CT molecular complexity index is 1010. The van der Waals surface area contributed by atoms with Crippen molar-refractivity contribution in [1.29, 1.82) is 0 Å². The SMILES string of the molecule is O=c1[nH]c2cc(F)ccc2c2ccc(S(=O)(=O)Cl)cc12. The quantitative estimate of drug-likeness (QED) is 0.555. The third kappa shape index (κ3) is 2.07. The second-order valence-electron chi connectivity index (χ2n) is 4.29. The summed E-state index contributed by atoms with van der Waals surface area (Å²) in [4.78, 5) is 14.3. The smallest absolute Gasteiger partial charge is 0.261 e. The highest BCUT2D eigenvalue weighted by molar-refractivity contribution is 8.13. The predicted octanol–water partition coefficient (Wildman–Crippen LogP) is 2.75. The molecule has 0 amide bonds. The number of hydrogen-bond acceptors (Lipinski definition) is 3.